The van der Waals surface area contributed by atoms with Crippen molar-refractivity contribution in [3.63, 3.8) is 0 Å². The van der Waals surface area contributed by atoms with Gasteiger partial charge in [0.15, 0.2) is 0 Å². The zero-order valence-corrected chi connectivity index (χ0v) is 11.2. The molecule has 1 aromatic rings. The Bertz CT molecular complexity index is 458. The fraction of sp³-hybridized carbons (Fsp3) is 0.571. The molecular formula is C14H19F3N2. The van der Waals surface area contributed by atoms with Gasteiger partial charge in [-0.1, -0.05) is 19.1 Å². The minimum absolute atomic E-state index is 0.112. The van der Waals surface area contributed by atoms with Crippen LogP contribution in [0.1, 0.15) is 30.9 Å². The van der Waals surface area contributed by atoms with Gasteiger partial charge in [-0.05, 0) is 44.1 Å². The van der Waals surface area contributed by atoms with E-state index in [0.717, 1.165) is 19.0 Å². The minimum Gasteiger partial charge on any atom is -0.320 e. The Morgan fingerprint density at radius 3 is 2.37 bits per heavy atom. The smallest absolute Gasteiger partial charge is 0.320 e. The SMILES string of the molecule is CCC(N)(c1cccc(C(F)(F)F)c1)C1CCN1C. The summed E-state index contributed by atoms with van der Waals surface area (Å²) in [6.07, 6.45) is -2.78. The van der Waals surface area contributed by atoms with Gasteiger partial charge in [0, 0.05) is 6.04 Å². The summed E-state index contributed by atoms with van der Waals surface area (Å²) in [7, 11) is 1.96. The van der Waals surface area contributed by atoms with Gasteiger partial charge in [-0.25, -0.2) is 0 Å². The van der Waals surface area contributed by atoms with Crippen LogP contribution in [0.25, 0.3) is 0 Å². The highest BCUT2D eigenvalue weighted by atomic mass is 19.4. The maximum absolute atomic E-state index is 12.8. The van der Waals surface area contributed by atoms with E-state index in [9.17, 15) is 13.2 Å². The normalized spacial score (nSPS) is 23.8. The molecule has 2 rings (SSSR count). The van der Waals surface area contributed by atoms with Crippen LogP contribution in [0.5, 0.6) is 0 Å². The zero-order chi connectivity index (χ0) is 14.3. The lowest BCUT2D eigenvalue weighted by molar-refractivity contribution is -0.137. The lowest BCUT2D eigenvalue weighted by atomic mass is 9.75. The molecule has 1 heterocycles. The molecule has 0 bridgehead atoms. The van der Waals surface area contributed by atoms with Crippen LogP contribution >= 0.6 is 0 Å². The molecule has 106 valence electrons. The van der Waals surface area contributed by atoms with Crippen LogP contribution < -0.4 is 5.73 Å². The van der Waals surface area contributed by atoms with E-state index in [2.05, 4.69) is 4.90 Å². The molecule has 1 aromatic carbocycles. The van der Waals surface area contributed by atoms with Gasteiger partial charge in [0.05, 0.1) is 11.1 Å². The van der Waals surface area contributed by atoms with Gasteiger partial charge in [0.2, 0.25) is 0 Å². The van der Waals surface area contributed by atoms with Crippen LogP contribution in [-0.2, 0) is 11.7 Å². The summed E-state index contributed by atoms with van der Waals surface area (Å²) in [6, 6.07) is 5.53. The summed E-state index contributed by atoms with van der Waals surface area (Å²) in [4.78, 5) is 2.10. The summed E-state index contributed by atoms with van der Waals surface area (Å²) in [6.45, 7) is 2.87. The Hall–Kier alpha value is -1.07. The Morgan fingerprint density at radius 1 is 1.32 bits per heavy atom. The first-order valence-corrected chi connectivity index (χ1v) is 6.46. The van der Waals surface area contributed by atoms with E-state index in [0.29, 0.717) is 12.0 Å². The number of nitrogens with zero attached hydrogens (tertiary/aromatic N) is 1. The highest BCUT2D eigenvalue weighted by molar-refractivity contribution is 5.33. The molecule has 0 aliphatic carbocycles. The van der Waals surface area contributed by atoms with E-state index in [1.807, 2.05) is 14.0 Å². The number of nitrogens with two attached hydrogens (primary N) is 1. The third-order valence-electron chi connectivity index (χ3n) is 4.19. The number of alkyl halides is 3. The number of likely N-dealkylation sites (tertiary alicyclic amines) is 1. The molecule has 2 N–H and O–H groups in total. The van der Waals surface area contributed by atoms with Crippen molar-refractivity contribution in [2.24, 2.45) is 5.73 Å². The highest BCUT2D eigenvalue weighted by Crippen LogP contribution is 2.38. The van der Waals surface area contributed by atoms with Crippen molar-refractivity contribution >= 4 is 0 Å². The molecule has 0 amide bonds. The third-order valence-corrected chi connectivity index (χ3v) is 4.19. The minimum atomic E-state index is -4.32. The Balaban J connectivity index is 2.38. The molecule has 1 aliphatic rings. The molecule has 0 saturated carbocycles. The molecular weight excluding hydrogens is 253 g/mol. The first-order valence-electron chi connectivity index (χ1n) is 6.46. The van der Waals surface area contributed by atoms with Crippen LogP contribution in [0.3, 0.4) is 0 Å². The predicted molar refractivity (Wildman–Crippen MR) is 68.6 cm³/mol. The maximum atomic E-state index is 12.8. The molecule has 1 aliphatic heterocycles. The van der Waals surface area contributed by atoms with Crippen LogP contribution in [0.4, 0.5) is 13.2 Å². The van der Waals surface area contributed by atoms with E-state index < -0.39 is 17.3 Å². The van der Waals surface area contributed by atoms with Crippen molar-refractivity contribution in [2.45, 2.75) is 37.5 Å². The van der Waals surface area contributed by atoms with Gasteiger partial charge in [-0.2, -0.15) is 13.2 Å². The number of rotatable bonds is 3. The second-order valence-electron chi connectivity index (χ2n) is 5.26. The first kappa shape index (κ1) is 14.3. The Morgan fingerprint density at radius 2 is 1.95 bits per heavy atom. The summed E-state index contributed by atoms with van der Waals surface area (Å²) in [5.74, 6) is 0. The van der Waals surface area contributed by atoms with Crippen molar-refractivity contribution < 1.29 is 13.2 Å². The lowest BCUT2D eigenvalue weighted by Crippen LogP contribution is -2.61. The molecule has 0 aromatic heterocycles. The summed E-state index contributed by atoms with van der Waals surface area (Å²) >= 11 is 0. The largest absolute Gasteiger partial charge is 0.416 e. The zero-order valence-electron chi connectivity index (χ0n) is 11.2. The molecule has 0 spiro atoms. The quantitative estimate of drug-likeness (QED) is 0.916. The van der Waals surface area contributed by atoms with Gasteiger partial charge in [-0.3, -0.25) is 0 Å². The molecule has 2 unspecified atom stereocenters. The molecule has 19 heavy (non-hydrogen) atoms. The second-order valence-corrected chi connectivity index (χ2v) is 5.26. The average molecular weight is 272 g/mol. The maximum Gasteiger partial charge on any atom is 0.416 e. The highest BCUT2D eigenvalue weighted by Gasteiger charge is 2.43. The molecule has 1 fully saturated rings. The third kappa shape index (κ3) is 2.49. The Kier molecular flexibility index (Phi) is 3.62. The van der Waals surface area contributed by atoms with Crippen LogP contribution in [0.2, 0.25) is 0 Å². The fourth-order valence-electron chi connectivity index (χ4n) is 2.78. The van der Waals surface area contributed by atoms with Gasteiger partial charge in [-0.15, -0.1) is 0 Å². The van der Waals surface area contributed by atoms with Crippen molar-refractivity contribution in [1.29, 1.82) is 0 Å². The summed E-state index contributed by atoms with van der Waals surface area (Å²) < 4.78 is 38.3. The van der Waals surface area contributed by atoms with E-state index >= 15 is 0 Å². The van der Waals surface area contributed by atoms with Crippen molar-refractivity contribution in [3.05, 3.63) is 35.4 Å². The van der Waals surface area contributed by atoms with Crippen molar-refractivity contribution in [3.8, 4) is 0 Å². The van der Waals surface area contributed by atoms with E-state index in [-0.39, 0.29) is 6.04 Å². The van der Waals surface area contributed by atoms with Crippen molar-refractivity contribution in [2.75, 3.05) is 13.6 Å². The Labute approximate surface area is 111 Å². The monoisotopic (exact) mass is 272 g/mol. The van der Waals surface area contributed by atoms with E-state index in [4.69, 9.17) is 5.73 Å². The van der Waals surface area contributed by atoms with Gasteiger partial charge in [0.25, 0.3) is 0 Å². The summed E-state index contributed by atoms with van der Waals surface area (Å²) in [5, 5.41) is 0. The topological polar surface area (TPSA) is 29.3 Å². The molecule has 2 atom stereocenters. The van der Waals surface area contributed by atoms with Crippen LogP contribution in [-0.4, -0.2) is 24.5 Å². The van der Waals surface area contributed by atoms with Crippen LogP contribution in [0.15, 0.2) is 24.3 Å². The second kappa shape index (κ2) is 4.80. The van der Waals surface area contributed by atoms with Crippen molar-refractivity contribution in [1.82, 2.24) is 4.90 Å². The molecule has 1 saturated heterocycles. The number of likely N-dealkylation sites (N-methyl/N-ethyl adjacent to an activating group) is 1. The summed E-state index contributed by atoms with van der Waals surface area (Å²) in [5.41, 5.74) is 5.64. The first-order chi connectivity index (χ1) is 8.79. The van der Waals surface area contributed by atoms with Gasteiger partial charge >= 0.3 is 6.18 Å². The molecule has 2 nitrogen and oxygen atoms in total. The number of benzene rings is 1. The molecule has 5 heteroatoms. The van der Waals surface area contributed by atoms with E-state index in [1.54, 1.807) is 6.07 Å². The number of hydrogen-bond donors (Lipinski definition) is 1. The number of halogens is 3. The molecule has 0 radical (unpaired) electrons. The number of hydrogen-bond acceptors (Lipinski definition) is 2. The van der Waals surface area contributed by atoms with Gasteiger partial charge in [0.1, 0.15) is 0 Å². The standard InChI is InChI=1S/C14H19F3N2/c1-3-13(18,12-7-8-19(12)2)10-5-4-6-11(9-10)14(15,16)17/h4-6,9,12H,3,7-8,18H2,1-2H3. The van der Waals surface area contributed by atoms with E-state index in [1.165, 1.54) is 12.1 Å². The van der Waals surface area contributed by atoms with Gasteiger partial charge < -0.3 is 10.6 Å². The van der Waals surface area contributed by atoms with Crippen LogP contribution in [0, 0.1) is 0 Å². The average Bonchev–Trinajstić information content (AvgIpc) is 2.36. The fourth-order valence-corrected chi connectivity index (χ4v) is 2.78. The predicted octanol–water partition coefficient (Wildman–Crippen LogP) is 2.97. The lowest BCUT2D eigenvalue weighted by Gasteiger charge is -2.49.